The first-order valence-corrected chi connectivity index (χ1v) is 16.6. The van der Waals surface area contributed by atoms with Gasteiger partial charge in [-0.25, -0.2) is 15.0 Å². The molecule has 0 unspecified atom stereocenters. The molecule has 1 amide bonds. The van der Waals surface area contributed by atoms with Gasteiger partial charge in [-0.2, -0.15) is 0 Å². The number of hydrogen-bond donors (Lipinski definition) is 1. The average molecular weight is 619 g/mol. The molecule has 238 valence electrons. The highest BCUT2D eigenvalue weighted by atomic mass is 16.5. The van der Waals surface area contributed by atoms with Crippen molar-refractivity contribution in [3.63, 3.8) is 0 Å². The number of carbonyl (C=O) groups is 1. The zero-order chi connectivity index (χ0) is 31.7. The number of aromatic nitrogens is 5. The van der Waals surface area contributed by atoms with Gasteiger partial charge < -0.3 is 29.4 Å². The quantitative estimate of drug-likeness (QED) is 0.255. The number of hydrogen-bond acceptors (Lipinski definition) is 7. The highest BCUT2D eigenvalue weighted by Gasteiger charge is 2.30. The predicted molar refractivity (Wildman–Crippen MR) is 181 cm³/mol. The summed E-state index contributed by atoms with van der Waals surface area (Å²) in [5.74, 6) is 3.10. The van der Waals surface area contributed by atoms with Crippen molar-refractivity contribution in [1.82, 2.24) is 29.0 Å². The van der Waals surface area contributed by atoms with Gasteiger partial charge >= 0.3 is 0 Å². The number of nitrogens with two attached hydrogens (primary N) is 1. The molecular formula is C36H42N8O2. The number of benzene rings is 1. The number of piperidine rings is 1. The molecule has 2 N–H and O–H groups in total. The highest BCUT2D eigenvalue weighted by Crippen LogP contribution is 2.38. The van der Waals surface area contributed by atoms with E-state index in [0.29, 0.717) is 23.8 Å². The van der Waals surface area contributed by atoms with Gasteiger partial charge in [-0.1, -0.05) is 0 Å². The molecule has 1 saturated carbocycles. The molecule has 5 aromatic rings. The molecule has 10 heteroatoms. The smallest absolute Gasteiger partial charge is 0.254 e. The first kappa shape index (κ1) is 29.0. The largest absolute Gasteiger partial charge is 0.494 e. The molecule has 0 radical (unpaired) electrons. The third-order valence-electron chi connectivity index (χ3n) is 10.2. The predicted octanol–water partition coefficient (Wildman–Crippen LogP) is 5.54. The number of rotatable bonds is 7. The van der Waals surface area contributed by atoms with E-state index in [-0.39, 0.29) is 18.0 Å². The molecule has 2 atom stereocenters. The number of aryl methyl sites for hydroxylation is 2. The number of imidazole rings is 1. The third kappa shape index (κ3) is 4.90. The lowest BCUT2D eigenvalue weighted by Gasteiger charge is -2.36. The number of ether oxygens (including phenoxy) is 1. The van der Waals surface area contributed by atoms with Crippen LogP contribution < -0.4 is 15.4 Å². The van der Waals surface area contributed by atoms with Crippen molar-refractivity contribution in [1.29, 1.82) is 0 Å². The molecule has 0 bridgehead atoms. The van der Waals surface area contributed by atoms with Gasteiger partial charge in [0.25, 0.3) is 5.91 Å². The Morgan fingerprint density at radius 3 is 2.57 bits per heavy atom. The SMILES string of the molecule is COc1cc(C(=O)N2C[C@H](N)CC[C@@H]2C)cc2nc(-c3cc4ccc(-c5ccc(N6CCC6)nc5C)nc4n3CC3CC3)n(C)c12. The number of pyridine rings is 2. The number of fused-ring (bicyclic) bond motifs is 2. The second-order valence-electron chi connectivity index (χ2n) is 13.5. The van der Waals surface area contributed by atoms with E-state index in [9.17, 15) is 4.79 Å². The molecule has 2 saturated heterocycles. The maximum Gasteiger partial charge on any atom is 0.254 e. The van der Waals surface area contributed by atoms with Crippen LogP contribution in [0.25, 0.3) is 44.8 Å². The van der Waals surface area contributed by atoms with Crippen molar-refractivity contribution in [2.75, 3.05) is 31.6 Å². The molecule has 3 fully saturated rings. The van der Waals surface area contributed by atoms with Gasteiger partial charge in [-0.05, 0) is 94.3 Å². The lowest BCUT2D eigenvalue weighted by molar-refractivity contribution is 0.0612. The Bertz CT molecular complexity index is 1990. The van der Waals surface area contributed by atoms with E-state index in [1.165, 1.54) is 19.3 Å². The summed E-state index contributed by atoms with van der Waals surface area (Å²) in [6.45, 7) is 7.76. The van der Waals surface area contributed by atoms with Crippen molar-refractivity contribution in [3.8, 4) is 28.5 Å². The van der Waals surface area contributed by atoms with Crippen LogP contribution in [0.1, 0.15) is 55.1 Å². The van der Waals surface area contributed by atoms with Crippen LogP contribution in [0.3, 0.4) is 0 Å². The molecule has 46 heavy (non-hydrogen) atoms. The van der Waals surface area contributed by atoms with Gasteiger partial charge in [0, 0.05) is 67.5 Å². The van der Waals surface area contributed by atoms with Gasteiger partial charge in [0.15, 0.2) is 5.82 Å². The van der Waals surface area contributed by atoms with Crippen LogP contribution in [0.4, 0.5) is 5.82 Å². The van der Waals surface area contributed by atoms with Gasteiger partial charge in [0.2, 0.25) is 0 Å². The van der Waals surface area contributed by atoms with Crippen LogP contribution in [0.2, 0.25) is 0 Å². The van der Waals surface area contributed by atoms with E-state index in [1.54, 1.807) is 7.11 Å². The summed E-state index contributed by atoms with van der Waals surface area (Å²) in [6.07, 6.45) is 5.51. The topological polar surface area (TPSA) is 107 Å². The van der Waals surface area contributed by atoms with Crippen LogP contribution in [-0.2, 0) is 13.6 Å². The van der Waals surface area contributed by atoms with Crippen molar-refractivity contribution in [2.45, 2.75) is 64.6 Å². The number of nitrogens with zero attached hydrogens (tertiary/aromatic N) is 7. The third-order valence-corrected chi connectivity index (χ3v) is 10.2. The summed E-state index contributed by atoms with van der Waals surface area (Å²) in [6, 6.07) is 14.6. The number of anilines is 1. The average Bonchev–Trinajstić information content (AvgIpc) is 3.70. The molecule has 1 aliphatic carbocycles. The number of carbonyl (C=O) groups excluding carboxylic acids is 1. The first-order valence-electron chi connectivity index (χ1n) is 16.6. The van der Waals surface area contributed by atoms with E-state index in [1.807, 2.05) is 24.1 Å². The number of likely N-dealkylation sites (tertiary alicyclic amines) is 1. The number of methoxy groups -OCH3 is 1. The molecule has 6 heterocycles. The Morgan fingerprint density at radius 1 is 1.02 bits per heavy atom. The van der Waals surface area contributed by atoms with Crippen LogP contribution in [0, 0.1) is 12.8 Å². The summed E-state index contributed by atoms with van der Waals surface area (Å²) < 4.78 is 10.3. The Kier molecular flexibility index (Phi) is 7.01. The number of amides is 1. The minimum atomic E-state index is -0.0303. The van der Waals surface area contributed by atoms with Crippen LogP contribution in [0.5, 0.6) is 5.75 Å². The Balaban J connectivity index is 1.22. The lowest BCUT2D eigenvalue weighted by atomic mass is 9.99. The molecule has 1 aromatic carbocycles. The summed E-state index contributed by atoms with van der Waals surface area (Å²) in [4.78, 5) is 33.3. The van der Waals surface area contributed by atoms with E-state index < -0.39 is 0 Å². The second kappa shape index (κ2) is 11.1. The van der Waals surface area contributed by atoms with Gasteiger partial charge in [-0.3, -0.25) is 4.79 Å². The summed E-state index contributed by atoms with van der Waals surface area (Å²) in [7, 11) is 3.67. The van der Waals surface area contributed by atoms with Gasteiger partial charge in [0.1, 0.15) is 22.7 Å². The van der Waals surface area contributed by atoms with E-state index in [2.05, 4.69) is 58.2 Å². The van der Waals surface area contributed by atoms with E-state index in [0.717, 1.165) is 88.8 Å². The maximum atomic E-state index is 13.7. The summed E-state index contributed by atoms with van der Waals surface area (Å²) in [5, 5.41) is 1.08. The summed E-state index contributed by atoms with van der Waals surface area (Å²) >= 11 is 0. The van der Waals surface area contributed by atoms with Crippen molar-refractivity contribution in [2.24, 2.45) is 18.7 Å². The molecular weight excluding hydrogens is 576 g/mol. The Morgan fingerprint density at radius 2 is 1.85 bits per heavy atom. The maximum absolute atomic E-state index is 13.7. The first-order chi connectivity index (χ1) is 22.3. The molecule has 10 nitrogen and oxygen atoms in total. The van der Waals surface area contributed by atoms with Crippen molar-refractivity contribution >= 4 is 33.8 Å². The normalized spacial score (nSPS) is 20.0. The second-order valence-corrected chi connectivity index (χ2v) is 13.5. The van der Waals surface area contributed by atoms with Gasteiger partial charge in [-0.15, -0.1) is 0 Å². The summed E-state index contributed by atoms with van der Waals surface area (Å²) in [5.41, 5.74) is 13.4. The molecule has 2 aliphatic heterocycles. The molecule has 4 aromatic heterocycles. The fraction of sp³-hybridized carbons (Fsp3) is 0.444. The fourth-order valence-corrected chi connectivity index (χ4v) is 7.15. The van der Waals surface area contributed by atoms with E-state index >= 15 is 0 Å². The van der Waals surface area contributed by atoms with Crippen LogP contribution in [-0.4, -0.2) is 73.7 Å². The highest BCUT2D eigenvalue weighted by molar-refractivity contribution is 6.00. The molecule has 0 spiro atoms. The zero-order valence-corrected chi connectivity index (χ0v) is 27.2. The standard InChI is InChI=1S/C36H42N8O2/c1-21-6-10-26(37)20-43(21)36(45)25-16-29-33(31(18-25)46-4)41(3)35(40-29)30-17-24-9-12-28(39-34(24)44(30)19-23-7-8-23)27-11-13-32(38-22(27)2)42-14-5-15-42/h9,11-13,16-18,21,23,26H,5-8,10,14-15,19-20,37H2,1-4H3/t21-,26+/m0/s1. The Hall–Kier alpha value is -4.44. The van der Waals surface area contributed by atoms with Crippen molar-refractivity contribution in [3.05, 3.63) is 53.7 Å². The van der Waals surface area contributed by atoms with Crippen LogP contribution in [0.15, 0.2) is 42.5 Å². The van der Waals surface area contributed by atoms with Crippen LogP contribution >= 0.6 is 0 Å². The van der Waals surface area contributed by atoms with Crippen molar-refractivity contribution < 1.29 is 9.53 Å². The van der Waals surface area contributed by atoms with E-state index in [4.69, 9.17) is 25.4 Å². The lowest BCUT2D eigenvalue weighted by Crippen LogP contribution is -2.50. The Labute approximate surface area is 269 Å². The minimum absolute atomic E-state index is 0.000353. The zero-order valence-electron chi connectivity index (χ0n) is 27.2. The molecule has 8 rings (SSSR count). The molecule has 3 aliphatic rings. The fourth-order valence-electron chi connectivity index (χ4n) is 7.15. The van der Waals surface area contributed by atoms with Gasteiger partial charge in [0.05, 0.1) is 24.0 Å². The minimum Gasteiger partial charge on any atom is -0.494 e. The monoisotopic (exact) mass is 618 g/mol.